The second-order valence-corrected chi connectivity index (χ2v) is 5.53. The number of anilines is 1. The summed E-state index contributed by atoms with van der Waals surface area (Å²) in [7, 11) is 3.35. The molecule has 0 aliphatic heterocycles. The lowest BCUT2D eigenvalue weighted by Crippen LogP contribution is -2.19. The largest absolute Gasteiger partial charge is 0.465 e. The number of ether oxygens (including phenoxy) is 1. The van der Waals surface area contributed by atoms with Gasteiger partial charge in [-0.3, -0.25) is 0 Å². The molecule has 2 aromatic rings. The number of para-hydroxylation sites is 1. The number of carbonyl (C=O) groups excluding carboxylic acids is 1. The average Bonchev–Trinajstić information content (AvgIpc) is 2.83. The van der Waals surface area contributed by atoms with Crippen molar-refractivity contribution < 1.29 is 9.53 Å². The fourth-order valence-corrected chi connectivity index (χ4v) is 2.73. The van der Waals surface area contributed by atoms with Gasteiger partial charge in [-0.1, -0.05) is 12.1 Å². The Morgan fingerprint density at radius 2 is 2.16 bits per heavy atom. The highest BCUT2D eigenvalue weighted by Gasteiger charge is 2.14. The van der Waals surface area contributed by atoms with Crippen LogP contribution in [0, 0.1) is 6.92 Å². The lowest BCUT2D eigenvalue weighted by atomic mass is 10.1. The number of esters is 1. The number of hydrogen-bond donors (Lipinski definition) is 0. The summed E-state index contributed by atoms with van der Waals surface area (Å²) in [5.41, 5.74) is 1.44. The first kappa shape index (κ1) is 13.5. The third kappa shape index (κ3) is 3.12. The van der Waals surface area contributed by atoms with Gasteiger partial charge in [0.15, 0.2) is 0 Å². The molecule has 5 heteroatoms. The zero-order valence-corrected chi connectivity index (χ0v) is 12.0. The van der Waals surface area contributed by atoms with Crippen LogP contribution in [0.2, 0.25) is 0 Å². The first-order valence-corrected chi connectivity index (χ1v) is 6.73. The molecule has 100 valence electrons. The quantitative estimate of drug-likeness (QED) is 0.805. The van der Waals surface area contributed by atoms with Crippen molar-refractivity contribution in [1.82, 2.24) is 4.98 Å². The Kier molecular flexibility index (Phi) is 4.16. The molecule has 0 fully saturated rings. The van der Waals surface area contributed by atoms with E-state index in [2.05, 4.69) is 4.98 Å². The van der Waals surface area contributed by atoms with Gasteiger partial charge < -0.3 is 9.64 Å². The Balaban J connectivity index is 2.23. The molecule has 1 aromatic carbocycles. The van der Waals surface area contributed by atoms with Crippen molar-refractivity contribution in [2.24, 2.45) is 0 Å². The van der Waals surface area contributed by atoms with Crippen LogP contribution in [-0.4, -0.2) is 25.1 Å². The molecule has 1 heterocycles. The van der Waals surface area contributed by atoms with Gasteiger partial charge in [0.05, 0.1) is 29.9 Å². The summed E-state index contributed by atoms with van der Waals surface area (Å²) in [6.45, 7) is 2.70. The lowest BCUT2D eigenvalue weighted by molar-refractivity contribution is 0.0601. The van der Waals surface area contributed by atoms with Gasteiger partial charge >= 0.3 is 5.97 Å². The van der Waals surface area contributed by atoms with E-state index in [9.17, 15) is 4.79 Å². The maximum atomic E-state index is 11.7. The number of rotatable bonds is 4. The lowest BCUT2D eigenvalue weighted by Gasteiger charge is -2.20. The van der Waals surface area contributed by atoms with E-state index in [0.29, 0.717) is 5.56 Å². The Labute approximate surface area is 116 Å². The molecule has 0 saturated heterocycles. The monoisotopic (exact) mass is 276 g/mol. The molecule has 0 radical (unpaired) electrons. The Morgan fingerprint density at radius 1 is 1.42 bits per heavy atom. The van der Waals surface area contributed by atoms with Crippen LogP contribution < -0.4 is 4.90 Å². The molecule has 19 heavy (non-hydrogen) atoms. The van der Waals surface area contributed by atoms with Crippen molar-refractivity contribution >= 4 is 23.0 Å². The van der Waals surface area contributed by atoms with Gasteiger partial charge in [-0.25, -0.2) is 9.78 Å². The van der Waals surface area contributed by atoms with Crippen LogP contribution in [0.25, 0.3) is 0 Å². The summed E-state index contributed by atoms with van der Waals surface area (Å²) < 4.78 is 4.81. The maximum absolute atomic E-state index is 11.7. The molecule has 0 bridgehead atoms. The van der Waals surface area contributed by atoms with Crippen molar-refractivity contribution in [2.75, 3.05) is 19.1 Å². The van der Waals surface area contributed by atoms with E-state index in [-0.39, 0.29) is 5.97 Å². The predicted octanol–water partition coefficient (Wildman–Crippen LogP) is 2.87. The number of hydrogen-bond acceptors (Lipinski definition) is 5. The summed E-state index contributed by atoms with van der Waals surface area (Å²) in [6.07, 6.45) is 1.87. The Hall–Kier alpha value is -1.88. The maximum Gasteiger partial charge on any atom is 0.339 e. The minimum atomic E-state index is -0.317. The normalized spacial score (nSPS) is 10.3. The van der Waals surface area contributed by atoms with Gasteiger partial charge in [0.2, 0.25) is 0 Å². The second kappa shape index (κ2) is 5.84. The SMILES string of the molecule is COC(=O)c1ccccc1N(C)Cc1cnc(C)s1. The first-order chi connectivity index (χ1) is 9.11. The molecular formula is C14H16N2O2S. The van der Waals surface area contributed by atoms with Crippen molar-refractivity contribution in [3.63, 3.8) is 0 Å². The second-order valence-electron chi connectivity index (χ2n) is 4.21. The number of thiazole rings is 1. The molecule has 2 rings (SSSR count). The number of nitrogens with zero attached hydrogens (tertiary/aromatic N) is 2. The molecule has 0 atom stereocenters. The third-order valence-corrected chi connectivity index (χ3v) is 3.68. The van der Waals surface area contributed by atoms with Gasteiger partial charge in [0, 0.05) is 18.1 Å². The third-order valence-electron chi connectivity index (χ3n) is 2.78. The highest BCUT2D eigenvalue weighted by molar-refractivity contribution is 7.11. The Bertz CT molecular complexity index is 580. The van der Waals surface area contributed by atoms with Crippen molar-refractivity contribution in [2.45, 2.75) is 13.5 Å². The summed E-state index contributed by atoms with van der Waals surface area (Å²) in [5, 5.41) is 1.05. The number of benzene rings is 1. The fourth-order valence-electron chi connectivity index (χ4n) is 1.89. The molecule has 0 unspecified atom stereocenters. The highest BCUT2D eigenvalue weighted by Crippen LogP contribution is 2.23. The minimum absolute atomic E-state index is 0.317. The number of aromatic nitrogens is 1. The number of aryl methyl sites for hydroxylation is 1. The molecule has 1 aromatic heterocycles. The molecular weight excluding hydrogens is 260 g/mol. The van der Waals surface area contributed by atoms with Crippen LogP contribution in [0.15, 0.2) is 30.5 Å². The summed E-state index contributed by atoms with van der Waals surface area (Å²) in [5.74, 6) is -0.317. The van der Waals surface area contributed by atoms with Crippen LogP contribution in [0.1, 0.15) is 20.2 Å². The van der Waals surface area contributed by atoms with Crippen LogP contribution in [0.4, 0.5) is 5.69 Å². The van der Waals surface area contributed by atoms with Crippen LogP contribution in [0.3, 0.4) is 0 Å². The Morgan fingerprint density at radius 3 is 2.79 bits per heavy atom. The van der Waals surface area contributed by atoms with E-state index in [1.54, 1.807) is 17.4 Å². The molecule has 0 amide bonds. The van der Waals surface area contributed by atoms with Gasteiger partial charge in [0.1, 0.15) is 0 Å². The van der Waals surface area contributed by atoms with Gasteiger partial charge in [0.25, 0.3) is 0 Å². The number of methoxy groups -OCH3 is 1. The summed E-state index contributed by atoms with van der Waals surface area (Å²) in [6, 6.07) is 7.44. The van der Waals surface area contributed by atoms with Crippen LogP contribution in [-0.2, 0) is 11.3 Å². The van der Waals surface area contributed by atoms with E-state index < -0.39 is 0 Å². The van der Waals surface area contributed by atoms with E-state index in [1.807, 2.05) is 43.3 Å². The topological polar surface area (TPSA) is 42.4 Å². The average molecular weight is 276 g/mol. The highest BCUT2D eigenvalue weighted by atomic mass is 32.1. The van der Waals surface area contributed by atoms with Crippen molar-refractivity contribution in [3.05, 3.63) is 45.9 Å². The minimum Gasteiger partial charge on any atom is -0.465 e. The van der Waals surface area contributed by atoms with Crippen LogP contribution >= 0.6 is 11.3 Å². The van der Waals surface area contributed by atoms with Gasteiger partial charge in [-0.15, -0.1) is 11.3 Å². The summed E-state index contributed by atoms with van der Waals surface area (Å²) in [4.78, 5) is 19.2. The first-order valence-electron chi connectivity index (χ1n) is 5.91. The zero-order valence-electron chi connectivity index (χ0n) is 11.2. The molecule has 0 spiro atoms. The van der Waals surface area contributed by atoms with E-state index in [4.69, 9.17) is 4.74 Å². The van der Waals surface area contributed by atoms with Gasteiger partial charge in [-0.2, -0.15) is 0 Å². The van der Waals surface area contributed by atoms with E-state index in [1.165, 1.54) is 12.0 Å². The van der Waals surface area contributed by atoms with Crippen LogP contribution in [0.5, 0.6) is 0 Å². The zero-order chi connectivity index (χ0) is 13.8. The number of carbonyl (C=O) groups is 1. The van der Waals surface area contributed by atoms with Gasteiger partial charge in [-0.05, 0) is 19.1 Å². The van der Waals surface area contributed by atoms with Crippen molar-refractivity contribution in [1.29, 1.82) is 0 Å². The molecule has 0 saturated carbocycles. The molecule has 0 N–H and O–H groups in total. The molecule has 4 nitrogen and oxygen atoms in total. The smallest absolute Gasteiger partial charge is 0.339 e. The molecule has 0 aliphatic carbocycles. The van der Waals surface area contributed by atoms with E-state index in [0.717, 1.165) is 17.2 Å². The molecule has 0 aliphatic rings. The fraction of sp³-hybridized carbons (Fsp3) is 0.286. The standard InChI is InChI=1S/C14H16N2O2S/c1-10-15-8-11(19-10)9-16(2)13-7-5-4-6-12(13)14(17)18-3/h4-8H,9H2,1-3H3. The summed E-state index contributed by atoms with van der Waals surface area (Å²) >= 11 is 1.66. The van der Waals surface area contributed by atoms with Crippen molar-refractivity contribution in [3.8, 4) is 0 Å². The predicted molar refractivity (Wildman–Crippen MR) is 76.7 cm³/mol. The van der Waals surface area contributed by atoms with E-state index >= 15 is 0 Å².